The van der Waals surface area contributed by atoms with Crippen molar-refractivity contribution in [3.63, 3.8) is 0 Å². The minimum absolute atomic E-state index is 0.922. The van der Waals surface area contributed by atoms with E-state index in [1.165, 1.54) is 5.69 Å². The maximum atomic E-state index is 4.26. The fourth-order valence-electron chi connectivity index (χ4n) is 1.34. The Labute approximate surface area is 73.8 Å². The largest absolute Gasteiger partial charge is 0.331 e. The zero-order valence-electron chi connectivity index (χ0n) is 8.09. The summed E-state index contributed by atoms with van der Waals surface area (Å²) in [5, 5.41) is 3.29. The molecule has 0 unspecified atom stereocenters. The van der Waals surface area contributed by atoms with Crippen LogP contribution in [0.3, 0.4) is 0 Å². The number of aryl methyl sites for hydroxylation is 1. The first kappa shape index (κ1) is 9.26. The van der Waals surface area contributed by atoms with Crippen LogP contribution in [0.4, 0.5) is 0 Å². The number of nitrogens with zero attached hydrogens (tertiary/aromatic N) is 2. The summed E-state index contributed by atoms with van der Waals surface area (Å²) in [6.45, 7) is 9.23. The molecule has 0 radical (unpaired) electrons. The molecule has 0 aliphatic heterocycles. The molecular weight excluding hydrogens is 150 g/mol. The van der Waals surface area contributed by atoms with Crippen LogP contribution in [-0.4, -0.2) is 16.1 Å². The molecule has 0 atom stereocenters. The Hall–Kier alpha value is -0.830. The lowest BCUT2D eigenvalue weighted by molar-refractivity contribution is 0.633. The summed E-state index contributed by atoms with van der Waals surface area (Å²) in [6.07, 6.45) is 1.95. The van der Waals surface area contributed by atoms with E-state index in [2.05, 4.69) is 28.7 Å². The summed E-state index contributed by atoms with van der Waals surface area (Å²) in [7, 11) is 0. The predicted octanol–water partition coefficient (Wildman–Crippen LogP) is 1.32. The van der Waals surface area contributed by atoms with Crippen LogP contribution in [0.25, 0.3) is 0 Å². The summed E-state index contributed by atoms with van der Waals surface area (Å²) in [4.78, 5) is 4.26. The fourth-order valence-corrected chi connectivity index (χ4v) is 1.34. The van der Waals surface area contributed by atoms with Crippen LogP contribution in [0.5, 0.6) is 0 Å². The Balaban J connectivity index is 2.70. The SMILES string of the molecule is CCNCc1cnc(C)n1CC. The van der Waals surface area contributed by atoms with E-state index in [-0.39, 0.29) is 0 Å². The van der Waals surface area contributed by atoms with Crippen molar-refractivity contribution >= 4 is 0 Å². The number of rotatable bonds is 4. The maximum absolute atomic E-state index is 4.26. The topological polar surface area (TPSA) is 29.9 Å². The van der Waals surface area contributed by atoms with Crippen molar-refractivity contribution in [2.75, 3.05) is 6.54 Å². The third-order valence-electron chi connectivity index (χ3n) is 2.01. The summed E-state index contributed by atoms with van der Waals surface area (Å²) in [6, 6.07) is 0. The van der Waals surface area contributed by atoms with Crippen molar-refractivity contribution in [3.8, 4) is 0 Å². The molecule has 0 saturated heterocycles. The van der Waals surface area contributed by atoms with Gasteiger partial charge in [-0.05, 0) is 20.4 Å². The quantitative estimate of drug-likeness (QED) is 0.733. The van der Waals surface area contributed by atoms with Gasteiger partial charge in [0.05, 0.1) is 5.69 Å². The van der Waals surface area contributed by atoms with Crippen LogP contribution in [0.2, 0.25) is 0 Å². The van der Waals surface area contributed by atoms with E-state index in [9.17, 15) is 0 Å². The minimum atomic E-state index is 0.922. The van der Waals surface area contributed by atoms with E-state index in [0.717, 1.165) is 25.5 Å². The van der Waals surface area contributed by atoms with Gasteiger partial charge in [0.1, 0.15) is 5.82 Å². The molecule has 1 aromatic rings. The molecule has 68 valence electrons. The number of aromatic nitrogens is 2. The van der Waals surface area contributed by atoms with Crippen molar-refractivity contribution in [1.82, 2.24) is 14.9 Å². The minimum Gasteiger partial charge on any atom is -0.331 e. The van der Waals surface area contributed by atoms with Gasteiger partial charge in [-0.2, -0.15) is 0 Å². The van der Waals surface area contributed by atoms with Gasteiger partial charge in [0.15, 0.2) is 0 Å². The molecule has 0 saturated carbocycles. The second-order valence-corrected chi connectivity index (χ2v) is 2.82. The smallest absolute Gasteiger partial charge is 0.105 e. The molecule has 0 fully saturated rings. The lowest BCUT2D eigenvalue weighted by Gasteiger charge is -2.06. The lowest BCUT2D eigenvalue weighted by atomic mass is 10.4. The molecule has 0 spiro atoms. The molecule has 1 rings (SSSR count). The van der Waals surface area contributed by atoms with Gasteiger partial charge < -0.3 is 9.88 Å². The van der Waals surface area contributed by atoms with Crippen molar-refractivity contribution in [2.24, 2.45) is 0 Å². The molecule has 1 aromatic heterocycles. The van der Waals surface area contributed by atoms with Crippen molar-refractivity contribution in [3.05, 3.63) is 17.7 Å². The van der Waals surface area contributed by atoms with Crippen LogP contribution >= 0.6 is 0 Å². The average molecular weight is 167 g/mol. The molecule has 12 heavy (non-hydrogen) atoms. The molecule has 0 aliphatic rings. The molecule has 3 heteroatoms. The highest BCUT2D eigenvalue weighted by atomic mass is 15.1. The summed E-state index contributed by atoms with van der Waals surface area (Å²) in [5.74, 6) is 1.10. The zero-order chi connectivity index (χ0) is 8.97. The van der Waals surface area contributed by atoms with Gasteiger partial charge in [-0.1, -0.05) is 6.92 Å². The van der Waals surface area contributed by atoms with Gasteiger partial charge in [0.2, 0.25) is 0 Å². The van der Waals surface area contributed by atoms with Gasteiger partial charge in [0.25, 0.3) is 0 Å². The summed E-state index contributed by atoms with van der Waals surface area (Å²) >= 11 is 0. The van der Waals surface area contributed by atoms with E-state index in [1.807, 2.05) is 13.1 Å². The first-order valence-corrected chi connectivity index (χ1v) is 4.51. The molecule has 3 nitrogen and oxygen atoms in total. The predicted molar refractivity (Wildman–Crippen MR) is 50.0 cm³/mol. The summed E-state index contributed by atoms with van der Waals surface area (Å²) in [5.41, 5.74) is 1.27. The van der Waals surface area contributed by atoms with Crippen LogP contribution < -0.4 is 5.32 Å². The highest BCUT2D eigenvalue weighted by Crippen LogP contribution is 2.03. The van der Waals surface area contributed by atoms with Gasteiger partial charge in [0, 0.05) is 19.3 Å². The first-order valence-electron chi connectivity index (χ1n) is 4.51. The van der Waals surface area contributed by atoms with E-state index < -0.39 is 0 Å². The third-order valence-corrected chi connectivity index (χ3v) is 2.01. The second kappa shape index (κ2) is 4.26. The highest BCUT2D eigenvalue weighted by molar-refractivity contribution is 5.03. The lowest BCUT2D eigenvalue weighted by Crippen LogP contribution is -2.15. The van der Waals surface area contributed by atoms with Crippen LogP contribution in [-0.2, 0) is 13.1 Å². The number of imidazole rings is 1. The van der Waals surface area contributed by atoms with E-state index in [1.54, 1.807) is 0 Å². The molecule has 0 aromatic carbocycles. The van der Waals surface area contributed by atoms with Gasteiger partial charge in [-0.25, -0.2) is 4.98 Å². The Morgan fingerprint density at radius 3 is 2.83 bits per heavy atom. The number of hydrogen-bond donors (Lipinski definition) is 1. The van der Waals surface area contributed by atoms with Crippen LogP contribution in [0.15, 0.2) is 6.20 Å². The first-order chi connectivity index (χ1) is 5.79. The standard InChI is InChI=1S/C9H17N3/c1-4-10-6-9-7-11-8(3)12(9)5-2/h7,10H,4-6H2,1-3H3. The Morgan fingerprint density at radius 1 is 1.50 bits per heavy atom. The van der Waals surface area contributed by atoms with Gasteiger partial charge in [-0.15, -0.1) is 0 Å². The zero-order valence-corrected chi connectivity index (χ0v) is 8.09. The van der Waals surface area contributed by atoms with Crippen molar-refractivity contribution in [1.29, 1.82) is 0 Å². The highest BCUT2D eigenvalue weighted by Gasteiger charge is 2.02. The van der Waals surface area contributed by atoms with Gasteiger partial charge >= 0.3 is 0 Å². The number of nitrogens with one attached hydrogen (secondary N) is 1. The van der Waals surface area contributed by atoms with Crippen molar-refractivity contribution in [2.45, 2.75) is 33.9 Å². The monoisotopic (exact) mass is 167 g/mol. The molecule has 1 N–H and O–H groups in total. The van der Waals surface area contributed by atoms with Crippen molar-refractivity contribution < 1.29 is 0 Å². The molecule has 0 bridgehead atoms. The fraction of sp³-hybridized carbons (Fsp3) is 0.667. The van der Waals surface area contributed by atoms with E-state index in [0.29, 0.717) is 0 Å². The Bertz CT molecular complexity index is 240. The van der Waals surface area contributed by atoms with E-state index >= 15 is 0 Å². The maximum Gasteiger partial charge on any atom is 0.105 e. The molecule has 0 aliphatic carbocycles. The average Bonchev–Trinajstić information content (AvgIpc) is 2.43. The van der Waals surface area contributed by atoms with Crippen LogP contribution in [0, 0.1) is 6.92 Å². The second-order valence-electron chi connectivity index (χ2n) is 2.82. The molecular formula is C9H17N3. The molecule has 0 amide bonds. The normalized spacial score (nSPS) is 10.6. The summed E-state index contributed by atoms with van der Waals surface area (Å²) < 4.78 is 2.22. The Kier molecular flexibility index (Phi) is 3.29. The van der Waals surface area contributed by atoms with Gasteiger partial charge in [-0.3, -0.25) is 0 Å². The van der Waals surface area contributed by atoms with E-state index in [4.69, 9.17) is 0 Å². The molecule has 1 heterocycles. The Morgan fingerprint density at radius 2 is 2.25 bits per heavy atom. The third kappa shape index (κ3) is 1.85. The number of hydrogen-bond acceptors (Lipinski definition) is 2. The van der Waals surface area contributed by atoms with Crippen LogP contribution in [0.1, 0.15) is 25.4 Å².